The van der Waals surface area contributed by atoms with Gasteiger partial charge in [-0.05, 0) is 49.1 Å². The van der Waals surface area contributed by atoms with Gasteiger partial charge < -0.3 is 4.74 Å². The van der Waals surface area contributed by atoms with Crippen molar-refractivity contribution in [2.45, 2.75) is 33.6 Å². The zero-order valence-electron chi connectivity index (χ0n) is 12.2. The predicted octanol–water partition coefficient (Wildman–Crippen LogP) is 4.50. The van der Waals surface area contributed by atoms with E-state index < -0.39 is 0 Å². The second-order valence-electron chi connectivity index (χ2n) is 5.04. The smallest absolute Gasteiger partial charge is 0.356 e. The average Bonchev–Trinajstić information content (AvgIpc) is 2.42. The molecule has 0 N–H and O–H groups in total. The van der Waals surface area contributed by atoms with Crippen molar-refractivity contribution in [1.29, 1.82) is 0 Å². The van der Waals surface area contributed by atoms with Crippen molar-refractivity contribution >= 4 is 28.5 Å². The molecule has 106 valence electrons. The molecule has 1 aromatic heterocycles. The summed E-state index contributed by atoms with van der Waals surface area (Å²) in [6, 6.07) is 5.47. The minimum absolute atomic E-state index is 0.269. The molecule has 1 heterocycles. The molecule has 1 aromatic carbocycles. The molecular weight excluding hydrogens is 274 g/mol. The molecule has 4 heteroatoms. The van der Waals surface area contributed by atoms with Crippen LogP contribution >= 0.6 is 11.6 Å². The van der Waals surface area contributed by atoms with Crippen LogP contribution in [0.2, 0.25) is 5.02 Å². The summed E-state index contributed by atoms with van der Waals surface area (Å²) in [7, 11) is 0. The maximum Gasteiger partial charge on any atom is 0.356 e. The fourth-order valence-corrected chi connectivity index (χ4v) is 2.43. The number of nitrogens with zero attached hydrogens (tertiary/aromatic N) is 1. The summed E-state index contributed by atoms with van der Waals surface area (Å²) in [5.41, 5.74) is 3.19. The number of carbonyl (C=O) groups excluding carboxylic acids is 1. The highest BCUT2D eigenvalue weighted by molar-refractivity contribution is 6.32. The van der Waals surface area contributed by atoms with Gasteiger partial charge in [0.15, 0.2) is 0 Å². The molecule has 0 saturated heterocycles. The molecule has 0 radical (unpaired) electrons. The Bertz CT molecular complexity index is 665. The van der Waals surface area contributed by atoms with E-state index >= 15 is 0 Å². The number of esters is 1. The van der Waals surface area contributed by atoms with Gasteiger partial charge in [-0.1, -0.05) is 25.4 Å². The van der Waals surface area contributed by atoms with Gasteiger partial charge in [-0.25, -0.2) is 9.78 Å². The quantitative estimate of drug-likeness (QED) is 0.782. The van der Waals surface area contributed by atoms with E-state index in [1.54, 1.807) is 6.92 Å². The first-order chi connectivity index (χ1) is 9.45. The fourth-order valence-electron chi connectivity index (χ4n) is 2.28. The van der Waals surface area contributed by atoms with Crippen molar-refractivity contribution in [3.63, 3.8) is 0 Å². The van der Waals surface area contributed by atoms with Crippen LogP contribution in [0.3, 0.4) is 0 Å². The van der Waals surface area contributed by atoms with E-state index in [0.29, 0.717) is 17.3 Å². The number of fused-ring (bicyclic) bond motifs is 1. The van der Waals surface area contributed by atoms with Gasteiger partial charge in [-0.2, -0.15) is 0 Å². The van der Waals surface area contributed by atoms with E-state index in [2.05, 4.69) is 18.8 Å². The van der Waals surface area contributed by atoms with Gasteiger partial charge in [-0.3, -0.25) is 0 Å². The number of rotatable bonds is 3. The molecule has 20 heavy (non-hydrogen) atoms. The maximum absolute atomic E-state index is 11.9. The first kappa shape index (κ1) is 14.8. The lowest BCUT2D eigenvalue weighted by Gasteiger charge is -2.14. The van der Waals surface area contributed by atoms with E-state index in [1.165, 1.54) is 0 Å². The van der Waals surface area contributed by atoms with E-state index in [4.69, 9.17) is 16.3 Å². The highest BCUT2D eigenvalue weighted by Gasteiger charge is 2.16. The number of ether oxygens (including phenoxy) is 1. The van der Waals surface area contributed by atoms with Gasteiger partial charge in [0.25, 0.3) is 0 Å². The molecule has 0 amide bonds. The monoisotopic (exact) mass is 291 g/mol. The van der Waals surface area contributed by atoms with Crippen LogP contribution in [0.25, 0.3) is 10.9 Å². The molecule has 0 atom stereocenters. The first-order valence-corrected chi connectivity index (χ1v) is 7.10. The molecule has 0 fully saturated rings. The van der Waals surface area contributed by atoms with E-state index in [-0.39, 0.29) is 11.9 Å². The summed E-state index contributed by atoms with van der Waals surface area (Å²) >= 11 is 6.20. The van der Waals surface area contributed by atoms with Crippen LogP contribution in [-0.2, 0) is 4.74 Å². The molecule has 0 aliphatic heterocycles. The second kappa shape index (κ2) is 5.80. The largest absolute Gasteiger partial charge is 0.461 e. The molecule has 0 saturated carbocycles. The number of halogens is 1. The molecule has 0 aliphatic carbocycles. The fraction of sp³-hybridized carbons (Fsp3) is 0.375. The van der Waals surface area contributed by atoms with Crippen LogP contribution in [0.1, 0.15) is 48.3 Å². The number of hydrogen-bond acceptors (Lipinski definition) is 3. The van der Waals surface area contributed by atoms with E-state index in [9.17, 15) is 4.79 Å². The summed E-state index contributed by atoms with van der Waals surface area (Å²) in [6.07, 6.45) is 0. The summed E-state index contributed by atoms with van der Waals surface area (Å²) < 4.78 is 5.04. The third-order valence-electron chi connectivity index (χ3n) is 3.31. The summed E-state index contributed by atoms with van der Waals surface area (Å²) in [6.45, 7) is 8.28. The van der Waals surface area contributed by atoms with Gasteiger partial charge in [-0.15, -0.1) is 0 Å². The zero-order valence-corrected chi connectivity index (χ0v) is 12.9. The topological polar surface area (TPSA) is 39.2 Å². The van der Waals surface area contributed by atoms with Crippen LogP contribution in [0.15, 0.2) is 18.2 Å². The van der Waals surface area contributed by atoms with Crippen LogP contribution in [0, 0.1) is 6.92 Å². The SMILES string of the molecule is CCOC(=O)c1cc(C(C)C)c2c(C)c(Cl)ccc2n1. The van der Waals surface area contributed by atoms with Gasteiger partial charge >= 0.3 is 5.97 Å². The average molecular weight is 292 g/mol. The second-order valence-corrected chi connectivity index (χ2v) is 5.45. The van der Waals surface area contributed by atoms with Crippen molar-refractivity contribution in [2.24, 2.45) is 0 Å². The normalized spacial score (nSPS) is 11.1. The minimum atomic E-state index is -0.385. The lowest BCUT2D eigenvalue weighted by Crippen LogP contribution is -2.09. The summed E-state index contributed by atoms with van der Waals surface area (Å²) in [5, 5.41) is 1.74. The van der Waals surface area contributed by atoms with E-state index in [1.807, 2.05) is 25.1 Å². The summed E-state index contributed by atoms with van der Waals surface area (Å²) in [4.78, 5) is 16.3. The van der Waals surface area contributed by atoms with Crippen molar-refractivity contribution in [1.82, 2.24) is 4.98 Å². The van der Waals surface area contributed by atoms with Crippen molar-refractivity contribution in [2.75, 3.05) is 6.61 Å². The first-order valence-electron chi connectivity index (χ1n) is 6.72. The number of aryl methyl sites for hydroxylation is 1. The Hall–Kier alpha value is -1.61. The van der Waals surface area contributed by atoms with Gasteiger partial charge in [0.1, 0.15) is 5.69 Å². The molecule has 0 spiro atoms. The standard InChI is InChI=1S/C16H18ClNO2/c1-5-20-16(19)14-8-11(9(2)3)15-10(4)12(17)6-7-13(15)18-14/h6-9H,5H2,1-4H3. The molecule has 2 aromatic rings. The Morgan fingerprint density at radius 2 is 2.10 bits per heavy atom. The number of benzene rings is 1. The predicted molar refractivity (Wildman–Crippen MR) is 81.5 cm³/mol. The minimum Gasteiger partial charge on any atom is -0.461 e. The molecular formula is C16H18ClNO2. The van der Waals surface area contributed by atoms with Crippen molar-refractivity contribution in [3.8, 4) is 0 Å². The molecule has 3 nitrogen and oxygen atoms in total. The lowest BCUT2D eigenvalue weighted by molar-refractivity contribution is 0.0520. The molecule has 0 unspecified atom stereocenters. The molecule has 2 rings (SSSR count). The van der Waals surface area contributed by atoms with E-state index in [0.717, 1.165) is 22.0 Å². The van der Waals surface area contributed by atoms with Gasteiger partial charge in [0, 0.05) is 10.4 Å². The number of hydrogen-bond donors (Lipinski definition) is 0. The third-order valence-corrected chi connectivity index (χ3v) is 3.71. The number of pyridine rings is 1. The van der Waals surface area contributed by atoms with Crippen molar-refractivity contribution in [3.05, 3.63) is 40.0 Å². The van der Waals surface area contributed by atoms with Gasteiger partial charge in [0.2, 0.25) is 0 Å². The van der Waals surface area contributed by atoms with Crippen LogP contribution < -0.4 is 0 Å². The van der Waals surface area contributed by atoms with Crippen LogP contribution in [0.5, 0.6) is 0 Å². The Kier molecular flexibility index (Phi) is 4.29. The summed E-state index contributed by atoms with van der Waals surface area (Å²) in [5.74, 6) is -0.116. The number of aromatic nitrogens is 1. The third kappa shape index (κ3) is 2.63. The highest BCUT2D eigenvalue weighted by atomic mass is 35.5. The Morgan fingerprint density at radius 3 is 2.70 bits per heavy atom. The zero-order chi connectivity index (χ0) is 14.9. The molecule has 0 bridgehead atoms. The van der Waals surface area contributed by atoms with Crippen LogP contribution in [-0.4, -0.2) is 17.6 Å². The highest BCUT2D eigenvalue weighted by Crippen LogP contribution is 2.31. The van der Waals surface area contributed by atoms with Gasteiger partial charge in [0.05, 0.1) is 12.1 Å². The maximum atomic E-state index is 11.9. The molecule has 0 aliphatic rings. The number of carbonyl (C=O) groups is 1. The Labute approximate surface area is 123 Å². The Morgan fingerprint density at radius 1 is 1.40 bits per heavy atom. The van der Waals surface area contributed by atoms with Crippen molar-refractivity contribution < 1.29 is 9.53 Å². The van der Waals surface area contributed by atoms with Crippen LogP contribution in [0.4, 0.5) is 0 Å². The lowest BCUT2D eigenvalue weighted by atomic mass is 9.95. The Balaban J connectivity index is 2.74.